The van der Waals surface area contributed by atoms with Gasteiger partial charge in [0.05, 0.1) is 0 Å². The van der Waals surface area contributed by atoms with Crippen molar-refractivity contribution in [3.8, 4) is 0 Å². The molecule has 3 nitrogen and oxygen atoms in total. The summed E-state index contributed by atoms with van der Waals surface area (Å²) in [5.41, 5.74) is 2.17. The standard InChI is InChI=1S/C12H12N2O/c1-9(15)13-7-6-10-8-14-12-5-3-2-4-11(10)12/h2-8,14H,1H3,(H,13,15)/b7-6+. The number of amides is 1. The SMILES string of the molecule is CC(=O)N/C=C/c1c[nH]c2ccccc12. The molecule has 2 rings (SSSR count). The lowest BCUT2D eigenvalue weighted by atomic mass is 10.2. The van der Waals surface area contributed by atoms with Crippen molar-refractivity contribution in [3.63, 3.8) is 0 Å². The minimum Gasteiger partial charge on any atom is -0.361 e. The van der Waals surface area contributed by atoms with Crippen LogP contribution in [0.3, 0.4) is 0 Å². The van der Waals surface area contributed by atoms with Gasteiger partial charge in [0.1, 0.15) is 0 Å². The largest absolute Gasteiger partial charge is 0.361 e. The van der Waals surface area contributed by atoms with Crippen LogP contribution in [0.15, 0.2) is 36.7 Å². The molecule has 0 spiro atoms. The van der Waals surface area contributed by atoms with Crippen molar-refractivity contribution in [3.05, 3.63) is 42.2 Å². The first-order valence-electron chi connectivity index (χ1n) is 4.77. The number of benzene rings is 1. The molecule has 3 heteroatoms. The van der Waals surface area contributed by atoms with Crippen LogP contribution < -0.4 is 5.32 Å². The second-order valence-corrected chi connectivity index (χ2v) is 3.32. The number of nitrogens with one attached hydrogen (secondary N) is 2. The highest BCUT2D eigenvalue weighted by molar-refractivity contribution is 5.89. The van der Waals surface area contributed by atoms with Crippen LogP contribution in [0.4, 0.5) is 0 Å². The number of para-hydroxylation sites is 1. The van der Waals surface area contributed by atoms with E-state index < -0.39 is 0 Å². The van der Waals surface area contributed by atoms with Crippen LogP contribution in [-0.2, 0) is 4.79 Å². The Morgan fingerprint density at radius 3 is 3.00 bits per heavy atom. The second-order valence-electron chi connectivity index (χ2n) is 3.32. The van der Waals surface area contributed by atoms with E-state index >= 15 is 0 Å². The van der Waals surface area contributed by atoms with Crippen LogP contribution in [0, 0.1) is 0 Å². The number of aromatic nitrogens is 1. The van der Waals surface area contributed by atoms with Crippen molar-refractivity contribution in [1.82, 2.24) is 10.3 Å². The molecular formula is C12H12N2O. The van der Waals surface area contributed by atoms with Crippen molar-refractivity contribution < 1.29 is 4.79 Å². The number of hydrogen-bond donors (Lipinski definition) is 2. The topological polar surface area (TPSA) is 44.9 Å². The third-order valence-corrected chi connectivity index (χ3v) is 2.17. The number of carbonyl (C=O) groups excluding carboxylic acids is 1. The molecule has 76 valence electrons. The van der Waals surface area contributed by atoms with Crippen LogP contribution in [0.25, 0.3) is 17.0 Å². The van der Waals surface area contributed by atoms with Gasteiger partial charge in [-0.2, -0.15) is 0 Å². The van der Waals surface area contributed by atoms with E-state index in [1.54, 1.807) is 6.20 Å². The maximum Gasteiger partial charge on any atom is 0.220 e. The molecule has 0 aliphatic carbocycles. The summed E-state index contributed by atoms with van der Waals surface area (Å²) in [5, 5.41) is 3.77. The zero-order valence-corrected chi connectivity index (χ0v) is 8.45. The van der Waals surface area contributed by atoms with E-state index in [-0.39, 0.29) is 5.91 Å². The lowest BCUT2D eigenvalue weighted by Crippen LogP contribution is -2.10. The van der Waals surface area contributed by atoms with Gasteiger partial charge in [0, 0.05) is 35.8 Å². The highest BCUT2D eigenvalue weighted by atomic mass is 16.1. The maximum absolute atomic E-state index is 10.7. The molecule has 0 saturated heterocycles. The summed E-state index contributed by atoms with van der Waals surface area (Å²) >= 11 is 0. The molecule has 2 N–H and O–H groups in total. The highest BCUT2D eigenvalue weighted by Gasteiger charge is 1.98. The van der Waals surface area contributed by atoms with Crippen LogP contribution in [0.2, 0.25) is 0 Å². The molecule has 0 atom stereocenters. The van der Waals surface area contributed by atoms with Gasteiger partial charge in [0.25, 0.3) is 0 Å². The molecule has 1 aromatic carbocycles. The van der Waals surface area contributed by atoms with Gasteiger partial charge in [-0.25, -0.2) is 0 Å². The first kappa shape index (κ1) is 9.52. The Balaban J connectivity index is 2.28. The Morgan fingerprint density at radius 2 is 2.20 bits per heavy atom. The second kappa shape index (κ2) is 4.00. The van der Waals surface area contributed by atoms with Crippen molar-refractivity contribution in [2.24, 2.45) is 0 Å². The van der Waals surface area contributed by atoms with E-state index in [4.69, 9.17) is 0 Å². The Hall–Kier alpha value is -2.03. The quantitative estimate of drug-likeness (QED) is 0.767. The number of carbonyl (C=O) groups is 1. The van der Waals surface area contributed by atoms with Gasteiger partial charge in [-0.15, -0.1) is 0 Å². The fraction of sp³-hybridized carbons (Fsp3) is 0.0833. The van der Waals surface area contributed by atoms with Gasteiger partial charge < -0.3 is 10.3 Å². The minimum absolute atomic E-state index is 0.0638. The first-order chi connectivity index (χ1) is 7.27. The van der Waals surface area contributed by atoms with Crippen molar-refractivity contribution in [2.45, 2.75) is 6.92 Å². The third-order valence-electron chi connectivity index (χ3n) is 2.17. The average molecular weight is 200 g/mol. The summed E-state index contributed by atoms with van der Waals surface area (Å²) in [4.78, 5) is 13.8. The van der Waals surface area contributed by atoms with Crippen molar-refractivity contribution in [1.29, 1.82) is 0 Å². The third kappa shape index (κ3) is 2.07. The molecule has 0 aliphatic rings. The zero-order chi connectivity index (χ0) is 10.7. The Labute approximate surface area is 87.8 Å². The summed E-state index contributed by atoms with van der Waals surface area (Å²) < 4.78 is 0. The highest BCUT2D eigenvalue weighted by Crippen LogP contribution is 2.18. The molecule has 1 aromatic heterocycles. The summed E-state index contributed by atoms with van der Waals surface area (Å²) in [7, 11) is 0. The molecule has 1 amide bonds. The Morgan fingerprint density at radius 1 is 1.40 bits per heavy atom. The summed E-state index contributed by atoms with van der Waals surface area (Å²) in [6.07, 6.45) is 5.45. The van der Waals surface area contributed by atoms with E-state index in [1.807, 2.05) is 36.5 Å². The molecule has 0 aliphatic heterocycles. The molecular weight excluding hydrogens is 188 g/mol. The first-order valence-corrected chi connectivity index (χ1v) is 4.77. The monoisotopic (exact) mass is 200 g/mol. The molecule has 0 bridgehead atoms. The van der Waals surface area contributed by atoms with Crippen LogP contribution >= 0.6 is 0 Å². The van der Waals surface area contributed by atoms with E-state index in [2.05, 4.69) is 10.3 Å². The van der Waals surface area contributed by atoms with Gasteiger partial charge in [-0.3, -0.25) is 4.79 Å². The smallest absolute Gasteiger partial charge is 0.220 e. The van der Waals surface area contributed by atoms with E-state index in [0.29, 0.717) is 0 Å². The van der Waals surface area contributed by atoms with Gasteiger partial charge in [0.15, 0.2) is 0 Å². The molecule has 0 radical (unpaired) electrons. The summed E-state index contributed by atoms with van der Waals surface area (Å²) in [5.74, 6) is -0.0638. The minimum atomic E-state index is -0.0638. The Kier molecular flexibility index (Phi) is 2.54. The van der Waals surface area contributed by atoms with E-state index in [9.17, 15) is 4.79 Å². The average Bonchev–Trinajstić information content (AvgIpc) is 2.62. The summed E-state index contributed by atoms with van der Waals surface area (Å²) in [6, 6.07) is 8.04. The predicted octanol–water partition coefficient (Wildman–Crippen LogP) is 2.27. The number of aromatic amines is 1. The van der Waals surface area contributed by atoms with E-state index in [1.165, 1.54) is 6.92 Å². The molecule has 0 unspecified atom stereocenters. The lowest BCUT2D eigenvalue weighted by Gasteiger charge is -1.92. The predicted molar refractivity (Wildman–Crippen MR) is 61.1 cm³/mol. The number of hydrogen-bond acceptors (Lipinski definition) is 1. The Bertz CT molecular complexity index is 511. The van der Waals surface area contributed by atoms with Gasteiger partial charge >= 0.3 is 0 Å². The van der Waals surface area contributed by atoms with Crippen LogP contribution in [0.5, 0.6) is 0 Å². The number of fused-ring (bicyclic) bond motifs is 1. The fourth-order valence-electron chi connectivity index (χ4n) is 1.48. The zero-order valence-electron chi connectivity index (χ0n) is 8.45. The summed E-state index contributed by atoms with van der Waals surface area (Å²) in [6.45, 7) is 1.49. The van der Waals surface area contributed by atoms with Gasteiger partial charge in [-0.05, 0) is 12.1 Å². The number of H-pyrrole nitrogens is 1. The molecule has 0 fully saturated rings. The van der Waals surface area contributed by atoms with Crippen LogP contribution in [-0.4, -0.2) is 10.9 Å². The number of rotatable bonds is 2. The molecule has 0 saturated carbocycles. The van der Waals surface area contributed by atoms with Crippen molar-refractivity contribution in [2.75, 3.05) is 0 Å². The maximum atomic E-state index is 10.7. The van der Waals surface area contributed by atoms with E-state index in [0.717, 1.165) is 16.5 Å². The van der Waals surface area contributed by atoms with Gasteiger partial charge in [-0.1, -0.05) is 18.2 Å². The fourth-order valence-corrected chi connectivity index (χ4v) is 1.48. The lowest BCUT2D eigenvalue weighted by molar-refractivity contribution is -0.118. The normalized spacial score (nSPS) is 11.0. The van der Waals surface area contributed by atoms with Crippen LogP contribution in [0.1, 0.15) is 12.5 Å². The molecule has 1 heterocycles. The molecule has 2 aromatic rings. The van der Waals surface area contributed by atoms with Crippen molar-refractivity contribution >= 4 is 22.9 Å². The molecule has 15 heavy (non-hydrogen) atoms. The van der Waals surface area contributed by atoms with Gasteiger partial charge in [0.2, 0.25) is 5.91 Å².